The van der Waals surface area contributed by atoms with E-state index < -0.39 is 0 Å². The predicted molar refractivity (Wildman–Crippen MR) is 33.6 cm³/mol. The zero-order chi connectivity index (χ0) is 6.10. The van der Waals surface area contributed by atoms with Crippen molar-refractivity contribution in [3.8, 4) is 0 Å². The highest BCUT2D eigenvalue weighted by atomic mass is 15.4. The van der Waals surface area contributed by atoms with Gasteiger partial charge >= 0.3 is 0 Å². The molecule has 0 saturated carbocycles. The van der Waals surface area contributed by atoms with E-state index in [9.17, 15) is 0 Å². The van der Waals surface area contributed by atoms with Crippen molar-refractivity contribution in [1.82, 2.24) is 0 Å². The fourth-order valence-corrected chi connectivity index (χ4v) is 0.728. The smallest absolute Gasteiger partial charge is 0.148 e. The molecular formula is C7H5N2. The van der Waals surface area contributed by atoms with Crippen LogP contribution in [0, 0.1) is 6.17 Å². The molecule has 0 fully saturated rings. The Morgan fingerprint density at radius 1 is 0.889 bits per heavy atom. The normalized spacial score (nSPS) is 16.0. The molecule has 0 spiro atoms. The van der Waals surface area contributed by atoms with Gasteiger partial charge in [0.05, 0.1) is 0 Å². The molecule has 0 aliphatic carbocycles. The molecule has 1 aromatic carbocycles. The van der Waals surface area contributed by atoms with E-state index in [2.05, 4.69) is 10.2 Å². The van der Waals surface area contributed by atoms with Crippen LogP contribution in [0.25, 0.3) is 0 Å². The Kier molecular flexibility index (Phi) is 0.859. The summed E-state index contributed by atoms with van der Waals surface area (Å²) in [6.07, 6.45) is 0.871. The molecule has 0 atom stereocenters. The average molecular weight is 117 g/mol. The van der Waals surface area contributed by atoms with E-state index in [0.717, 1.165) is 11.7 Å². The molecule has 2 rings (SSSR count). The minimum absolute atomic E-state index is 0.871. The van der Waals surface area contributed by atoms with Crippen molar-refractivity contribution in [2.24, 2.45) is 10.2 Å². The number of hydrogen-bond donors (Lipinski definition) is 0. The zero-order valence-corrected chi connectivity index (χ0v) is 4.78. The molecule has 0 bridgehead atoms. The van der Waals surface area contributed by atoms with Gasteiger partial charge in [-0.1, -0.05) is 30.3 Å². The zero-order valence-electron chi connectivity index (χ0n) is 4.78. The summed E-state index contributed by atoms with van der Waals surface area (Å²) >= 11 is 0. The highest BCUT2D eigenvalue weighted by Crippen LogP contribution is 2.28. The Hall–Kier alpha value is -1.18. The first-order valence-electron chi connectivity index (χ1n) is 2.81. The van der Waals surface area contributed by atoms with Crippen LogP contribution in [0.5, 0.6) is 0 Å². The van der Waals surface area contributed by atoms with Gasteiger partial charge in [0, 0.05) is 5.56 Å². The van der Waals surface area contributed by atoms with Gasteiger partial charge in [-0.2, -0.15) is 0 Å². The lowest BCUT2D eigenvalue weighted by molar-refractivity contribution is 1.35. The molecule has 1 aromatic rings. The van der Waals surface area contributed by atoms with Crippen molar-refractivity contribution in [3.63, 3.8) is 0 Å². The van der Waals surface area contributed by atoms with E-state index >= 15 is 0 Å². The second-order valence-corrected chi connectivity index (χ2v) is 1.89. The maximum atomic E-state index is 3.71. The highest BCUT2D eigenvalue weighted by Gasteiger charge is 2.19. The van der Waals surface area contributed by atoms with Crippen LogP contribution in [-0.4, -0.2) is 0 Å². The average Bonchev–Trinajstić information content (AvgIpc) is 2.71. The van der Waals surface area contributed by atoms with E-state index in [4.69, 9.17) is 0 Å². The summed E-state index contributed by atoms with van der Waals surface area (Å²) < 4.78 is 0. The van der Waals surface area contributed by atoms with Gasteiger partial charge in [0.25, 0.3) is 6.17 Å². The quantitative estimate of drug-likeness (QED) is 0.537. The minimum atomic E-state index is 0.871. The predicted octanol–water partition coefficient (Wildman–Crippen LogP) is 1.99. The Balaban J connectivity index is 2.30. The Morgan fingerprint density at radius 3 is 2.11 bits per heavy atom. The van der Waals surface area contributed by atoms with E-state index in [0.29, 0.717) is 0 Å². The number of hydrogen-bond acceptors (Lipinski definition) is 2. The van der Waals surface area contributed by atoms with Crippen LogP contribution in [0.1, 0.15) is 5.56 Å². The van der Waals surface area contributed by atoms with Crippen molar-refractivity contribution in [3.05, 3.63) is 42.1 Å². The minimum Gasteiger partial charge on any atom is -0.148 e. The van der Waals surface area contributed by atoms with Crippen LogP contribution in [0.4, 0.5) is 0 Å². The van der Waals surface area contributed by atoms with Gasteiger partial charge in [-0.05, 0) is 0 Å². The van der Waals surface area contributed by atoms with E-state index in [1.165, 1.54) is 0 Å². The highest BCUT2D eigenvalue weighted by molar-refractivity contribution is 5.31. The summed E-state index contributed by atoms with van der Waals surface area (Å²) in [7, 11) is 0. The first kappa shape index (κ1) is 4.68. The molecular weight excluding hydrogens is 112 g/mol. The largest absolute Gasteiger partial charge is 0.268 e. The lowest BCUT2D eigenvalue weighted by Gasteiger charge is -1.87. The van der Waals surface area contributed by atoms with Crippen LogP contribution in [0.3, 0.4) is 0 Å². The maximum absolute atomic E-state index is 3.71. The van der Waals surface area contributed by atoms with Gasteiger partial charge in [-0.3, -0.25) is 0 Å². The number of benzene rings is 1. The fourth-order valence-electron chi connectivity index (χ4n) is 0.728. The Labute approximate surface area is 53.2 Å². The molecule has 0 amide bonds. The molecule has 2 nitrogen and oxygen atoms in total. The summed E-state index contributed by atoms with van der Waals surface area (Å²) in [5.74, 6) is 0. The lowest BCUT2D eigenvalue weighted by Crippen LogP contribution is -1.76. The first-order chi connectivity index (χ1) is 4.47. The van der Waals surface area contributed by atoms with Gasteiger partial charge in [0.15, 0.2) is 0 Å². The number of nitrogens with zero attached hydrogens (tertiary/aromatic N) is 2. The molecule has 1 aliphatic rings. The van der Waals surface area contributed by atoms with Gasteiger partial charge in [0.2, 0.25) is 0 Å². The third-order valence-electron chi connectivity index (χ3n) is 1.23. The van der Waals surface area contributed by atoms with Crippen LogP contribution in [0.2, 0.25) is 0 Å². The third kappa shape index (κ3) is 0.830. The van der Waals surface area contributed by atoms with Crippen molar-refractivity contribution < 1.29 is 0 Å². The van der Waals surface area contributed by atoms with Crippen molar-refractivity contribution in [2.75, 3.05) is 0 Å². The summed E-state index contributed by atoms with van der Waals surface area (Å²) in [6.45, 7) is 0. The van der Waals surface area contributed by atoms with E-state index in [-0.39, 0.29) is 0 Å². The van der Waals surface area contributed by atoms with Crippen LogP contribution in [0.15, 0.2) is 40.6 Å². The molecule has 1 heterocycles. The monoisotopic (exact) mass is 117 g/mol. The summed E-state index contributed by atoms with van der Waals surface area (Å²) in [6, 6.07) is 9.93. The summed E-state index contributed by atoms with van der Waals surface area (Å²) in [5, 5.41) is 7.43. The van der Waals surface area contributed by atoms with Crippen molar-refractivity contribution in [2.45, 2.75) is 0 Å². The lowest BCUT2D eigenvalue weighted by atomic mass is 10.2. The molecule has 0 saturated heterocycles. The maximum Gasteiger partial charge on any atom is 0.268 e. The van der Waals surface area contributed by atoms with E-state index in [1.54, 1.807) is 0 Å². The van der Waals surface area contributed by atoms with Crippen molar-refractivity contribution >= 4 is 0 Å². The summed E-state index contributed by atoms with van der Waals surface area (Å²) in [4.78, 5) is 0. The topological polar surface area (TPSA) is 24.7 Å². The third-order valence-corrected chi connectivity index (χ3v) is 1.23. The van der Waals surface area contributed by atoms with Crippen LogP contribution in [-0.2, 0) is 0 Å². The molecule has 1 radical (unpaired) electrons. The molecule has 43 valence electrons. The Bertz CT molecular complexity index is 222. The van der Waals surface area contributed by atoms with Crippen LogP contribution < -0.4 is 0 Å². The molecule has 2 heteroatoms. The second-order valence-electron chi connectivity index (χ2n) is 1.89. The summed E-state index contributed by atoms with van der Waals surface area (Å²) in [5.41, 5.74) is 1.11. The fraction of sp³-hybridized carbons (Fsp3) is 0. The molecule has 0 unspecified atom stereocenters. The molecule has 1 aliphatic heterocycles. The Morgan fingerprint density at radius 2 is 1.56 bits per heavy atom. The van der Waals surface area contributed by atoms with Crippen molar-refractivity contribution in [1.29, 1.82) is 0 Å². The number of rotatable bonds is 1. The van der Waals surface area contributed by atoms with Crippen LogP contribution >= 0.6 is 0 Å². The van der Waals surface area contributed by atoms with Gasteiger partial charge in [-0.15, -0.1) is 10.2 Å². The van der Waals surface area contributed by atoms with Gasteiger partial charge < -0.3 is 0 Å². The SMILES string of the molecule is c1ccc([C]2N=N2)cc1. The van der Waals surface area contributed by atoms with E-state index in [1.807, 2.05) is 30.3 Å². The first-order valence-corrected chi connectivity index (χ1v) is 2.81. The standard InChI is InChI=1S/C7H5N2/c1-2-4-6(5-3-1)7-8-9-7/h1-5H. The molecule has 9 heavy (non-hydrogen) atoms. The molecule has 0 N–H and O–H groups in total. The second kappa shape index (κ2) is 1.65. The van der Waals surface area contributed by atoms with Gasteiger partial charge in [-0.25, -0.2) is 0 Å². The van der Waals surface area contributed by atoms with Gasteiger partial charge in [0.1, 0.15) is 0 Å². The molecule has 0 aromatic heterocycles.